The summed E-state index contributed by atoms with van der Waals surface area (Å²) in [4.78, 5) is 35.4. The quantitative estimate of drug-likeness (QED) is 0.243. The third-order valence-electron chi connectivity index (χ3n) is 3.89. The smallest absolute Gasteiger partial charge is 0.328 e. The number of likely N-dealkylation sites (N-methyl/N-ethyl adjacent to an activating group) is 1. The minimum absolute atomic E-state index is 0.0963. The van der Waals surface area contributed by atoms with E-state index in [2.05, 4.69) is 10.6 Å². The first kappa shape index (κ1) is 22.9. The summed E-state index contributed by atoms with van der Waals surface area (Å²) in [6, 6.07) is 0. The van der Waals surface area contributed by atoms with Gasteiger partial charge in [-0.05, 0) is 26.3 Å². The lowest BCUT2D eigenvalue weighted by atomic mass is 10.1. The number of unbranched alkanes of at least 4 members (excludes halogenated alkanes) is 1. The number of carboxylic acid groups (broad SMARTS) is 1. The largest absolute Gasteiger partial charge is 0.478 e. The third kappa shape index (κ3) is 12.2. The molecule has 3 N–H and O–H groups in total. The van der Waals surface area contributed by atoms with Crippen LogP contribution in [0.2, 0.25) is 0 Å². The Balaban J connectivity index is 1.95. The Morgan fingerprint density at radius 1 is 1.15 bits per heavy atom. The topological polar surface area (TPSA) is 98.7 Å². The van der Waals surface area contributed by atoms with Crippen LogP contribution < -0.4 is 10.6 Å². The Labute approximate surface area is 163 Å². The van der Waals surface area contributed by atoms with Gasteiger partial charge >= 0.3 is 5.97 Å². The number of rotatable bonds is 13. The van der Waals surface area contributed by atoms with E-state index in [9.17, 15) is 14.4 Å². The third-order valence-corrected chi connectivity index (χ3v) is 6.90. The maximum Gasteiger partial charge on any atom is 0.328 e. The van der Waals surface area contributed by atoms with Crippen molar-refractivity contribution in [3.63, 3.8) is 0 Å². The van der Waals surface area contributed by atoms with Crippen LogP contribution in [-0.2, 0) is 14.4 Å². The van der Waals surface area contributed by atoms with Gasteiger partial charge in [-0.25, -0.2) is 4.79 Å². The summed E-state index contributed by atoms with van der Waals surface area (Å²) in [5, 5.41) is 14.7. The van der Waals surface area contributed by atoms with Gasteiger partial charge in [-0.1, -0.05) is 28.0 Å². The molecule has 1 heterocycles. The van der Waals surface area contributed by atoms with E-state index >= 15 is 0 Å². The molecule has 7 nitrogen and oxygen atoms in total. The Morgan fingerprint density at radius 2 is 1.88 bits per heavy atom. The number of nitrogens with zero attached hydrogens (tertiary/aromatic N) is 1. The molecular weight excluding hydrogens is 374 g/mol. The summed E-state index contributed by atoms with van der Waals surface area (Å²) in [5.41, 5.74) is 0. The van der Waals surface area contributed by atoms with Gasteiger partial charge in [-0.3, -0.25) is 9.59 Å². The molecular formula is C17H29N3O4S2. The van der Waals surface area contributed by atoms with Gasteiger partial charge in [0.2, 0.25) is 11.8 Å². The molecule has 0 saturated carbocycles. The van der Waals surface area contributed by atoms with Crippen molar-refractivity contribution in [2.45, 2.75) is 37.4 Å². The zero-order chi connectivity index (χ0) is 19.2. The van der Waals surface area contributed by atoms with E-state index < -0.39 is 11.9 Å². The highest BCUT2D eigenvalue weighted by atomic mass is 33.1. The molecule has 1 unspecified atom stereocenters. The second-order valence-corrected chi connectivity index (χ2v) is 8.98. The normalized spacial score (nSPS) is 16.9. The van der Waals surface area contributed by atoms with Crippen LogP contribution in [0.5, 0.6) is 0 Å². The second-order valence-electron chi connectivity index (χ2n) is 6.19. The van der Waals surface area contributed by atoms with E-state index in [0.29, 0.717) is 32.6 Å². The fourth-order valence-electron chi connectivity index (χ4n) is 2.38. The van der Waals surface area contributed by atoms with Crippen molar-refractivity contribution in [1.82, 2.24) is 15.5 Å². The molecule has 1 aliphatic heterocycles. The predicted molar refractivity (Wildman–Crippen MR) is 107 cm³/mol. The maximum absolute atomic E-state index is 11.8. The summed E-state index contributed by atoms with van der Waals surface area (Å²) >= 11 is 0. The van der Waals surface area contributed by atoms with Crippen LogP contribution in [0.4, 0.5) is 0 Å². The molecule has 0 aromatic heterocycles. The van der Waals surface area contributed by atoms with Crippen LogP contribution in [0, 0.1) is 0 Å². The standard InChI is InChI=1S/C17H29N3O4S2/c1-20(12-10-19-16(22)6-7-17(23)24)11-9-18-15(21)5-3-2-4-14-8-13-25-26-14/h6-7,14H,2-5,8-13H2,1H3,(H,18,21)(H,19,22)(H,23,24). The van der Waals surface area contributed by atoms with Crippen molar-refractivity contribution in [3.8, 4) is 0 Å². The summed E-state index contributed by atoms with van der Waals surface area (Å²) < 4.78 is 0. The van der Waals surface area contributed by atoms with E-state index in [0.717, 1.165) is 30.2 Å². The van der Waals surface area contributed by atoms with Gasteiger partial charge in [0.05, 0.1) is 0 Å². The van der Waals surface area contributed by atoms with Gasteiger partial charge in [0, 0.05) is 55.8 Å². The molecule has 1 aliphatic rings. The number of aliphatic carboxylic acids is 1. The number of carboxylic acids is 1. The first-order valence-electron chi connectivity index (χ1n) is 8.89. The van der Waals surface area contributed by atoms with Crippen molar-refractivity contribution in [3.05, 3.63) is 12.2 Å². The molecule has 2 amide bonds. The number of carbonyl (C=O) groups excluding carboxylic acids is 2. The number of nitrogens with one attached hydrogen (secondary N) is 2. The van der Waals surface area contributed by atoms with Crippen LogP contribution in [0.25, 0.3) is 0 Å². The first-order chi connectivity index (χ1) is 12.5. The maximum atomic E-state index is 11.8. The van der Waals surface area contributed by atoms with Crippen molar-refractivity contribution in [2.75, 3.05) is 39.0 Å². The fourth-order valence-corrected chi connectivity index (χ4v) is 5.41. The SMILES string of the molecule is CN(CCNC(=O)C=CC(=O)O)CCNC(=O)CCCCC1CCSS1. The van der Waals surface area contributed by atoms with E-state index in [-0.39, 0.29) is 5.91 Å². The van der Waals surface area contributed by atoms with Gasteiger partial charge in [-0.15, -0.1) is 0 Å². The van der Waals surface area contributed by atoms with Crippen molar-refractivity contribution < 1.29 is 19.5 Å². The minimum atomic E-state index is -1.15. The van der Waals surface area contributed by atoms with Gasteiger partial charge in [-0.2, -0.15) is 0 Å². The van der Waals surface area contributed by atoms with Gasteiger partial charge in [0.15, 0.2) is 0 Å². The molecule has 1 rings (SSSR count). The molecule has 0 radical (unpaired) electrons. The van der Waals surface area contributed by atoms with Crippen molar-refractivity contribution >= 4 is 39.4 Å². The zero-order valence-corrected chi connectivity index (χ0v) is 16.9. The van der Waals surface area contributed by atoms with Gasteiger partial charge < -0.3 is 20.6 Å². The Hall–Kier alpha value is -1.19. The monoisotopic (exact) mass is 403 g/mol. The lowest BCUT2D eigenvalue weighted by molar-refractivity contribution is -0.131. The molecule has 0 spiro atoms. The molecule has 0 aromatic carbocycles. The van der Waals surface area contributed by atoms with E-state index in [1.165, 1.54) is 18.6 Å². The lowest BCUT2D eigenvalue weighted by Crippen LogP contribution is -2.37. The summed E-state index contributed by atoms with van der Waals surface area (Å²) in [5.74, 6) is -0.224. The van der Waals surface area contributed by atoms with Crippen LogP contribution in [0.3, 0.4) is 0 Å². The van der Waals surface area contributed by atoms with E-state index in [1.54, 1.807) is 0 Å². The molecule has 1 saturated heterocycles. The summed E-state index contributed by atoms with van der Waals surface area (Å²) in [7, 11) is 5.84. The van der Waals surface area contributed by atoms with Gasteiger partial charge in [0.1, 0.15) is 0 Å². The van der Waals surface area contributed by atoms with Crippen LogP contribution in [0.1, 0.15) is 32.1 Å². The highest BCUT2D eigenvalue weighted by molar-refractivity contribution is 8.77. The van der Waals surface area contributed by atoms with Crippen LogP contribution in [-0.4, -0.2) is 72.0 Å². The highest BCUT2D eigenvalue weighted by Gasteiger charge is 2.15. The Morgan fingerprint density at radius 3 is 2.54 bits per heavy atom. The zero-order valence-electron chi connectivity index (χ0n) is 15.2. The molecule has 26 heavy (non-hydrogen) atoms. The number of amides is 2. The Kier molecular flexibility index (Phi) is 12.3. The van der Waals surface area contributed by atoms with Crippen LogP contribution >= 0.6 is 21.6 Å². The van der Waals surface area contributed by atoms with E-state index in [4.69, 9.17) is 5.11 Å². The Bertz CT molecular complexity index is 483. The minimum Gasteiger partial charge on any atom is -0.478 e. The van der Waals surface area contributed by atoms with Crippen LogP contribution in [0.15, 0.2) is 12.2 Å². The average Bonchev–Trinajstić information content (AvgIpc) is 3.10. The second kappa shape index (κ2) is 13.9. The molecule has 0 bridgehead atoms. The number of hydrogen-bond donors (Lipinski definition) is 3. The molecule has 9 heteroatoms. The van der Waals surface area contributed by atoms with Crippen molar-refractivity contribution in [1.29, 1.82) is 0 Å². The predicted octanol–water partition coefficient (Wildman–Crippen LogP) is 1.51. The van der Waals surface area contributed by atoms with Gasteiger partial charge in [0.25, 0.3) is 0 Å². The fraction of sp³-hybridized carbons (Fsp3) is 0.706. The molecule has 0 aliphatic carbocycles. The van der Waals surface area contributed by atoms with E-state index in [1.807, 2.05) is 33.5 Å². The molecule has 1 atom stereocenters. The number of hydrogen-bond acceptors (Lipinski definition) is 6. The molecule has 1 fully saturated rings. The molecule has 0 aromatic rings. The highest BCUT2D eigenvalue weighted by Crippen LogP contribution is 2.39. The molecule has 148 valence electrons. The summed E-state index contributed by atoms with van der Waals surface area (Å²) in [6.07, 6.45) is 6.94. The van der Waals surface area contributed by atoms with Crippen molar-refractivity contribution in [2.24, 2.45) is 0 Å². The summed E-state index contributed by atoms with van der Waals surface area (Å²) in [6.45, 7) is 2.32. The average molecular weight is 404 g/mol. The number of carbonyl (C=O) groups is 3. The lowest BCUT2D eigenvalue weighted by Gasteiger charge is -2.17. The first-order valence-corrected chi connectivity index (χ1v) is 11.3.